The van der Waals surface area contributed by atoms with E-state index in [1.54, 1.807) is 33.7 Å². The Bertz CT molecular complexity index is 958. The minimum atomic E-state index is 0.0278. The Balaban J connectivity index is 2.02. The van der Waals surface area contributed by atoms with Crippen LogP contribution in [0.1, 0.15) is 16.0 Å². The van der Waals surface area contributed by atoms with E-state index in [9.17, 15) is 4.79 Å². The Morgan fingerprint density at radius 1 is 1.33 bits per heavy atom. The van der Waals surface area contributed by atoms with Crippen LogP contribution < -0.4 is 5.56 Å². The molecule has 124 valence electrons. The van der Waals surface area contributed by atoms with Crippen LogP contribution in [0.15, 0.2) is 51.3 Å². The third-order valence-electron chi connectivity index (χ3n) is 3.85. The number of halogens is 1. The van der Waals surface area contributed by atoms with Crippen LogP contribution in [0, 0.1) is 13.8 Å². The zero-order valence-corrected chi connectivity index (χ0v) is 16.7. The highest BCUT2D eigenvalue weighted by atomic mass is 79.9. The number of nitrogens with zero attached hydrogens (tertiary/aromatic N) is 2. The first-order valence-corrected chi connectivity index (χ1v) is 10.1. The highest BCUT2D eigenvalue weighted by molar-refractivity contribution is 9.10. The fourth-order valence-corrected chi connectivity index (χ4v) is 4.74. The lowest BCUT2D eigenvalue weighted by Gasteiger charge is -2.10. The van der Waals surface area contributed by atoms with Crippen LogP contribution in [0.25, 0.3) is 10.2 Å². The monoisotopic (exact) mass is 420 g/mol. The molecular formula is C18H17BrN2OS2. The van der Waals surface area contributed by atoms with E-state index in [2.05, 4.69) is 34.6 Å². The van der Waals surface area contributed by atoms with Crippen LogP contribution >= 0.6 is 39.0 Å². The molecule has 0 spiro atoms. The fourth-order valence-electron chi connectivity index (χ4n) is 2.44. The Morgan fingerprint density at radius 3 is 2.71 bits per heavy atom. The van der Waals surface area contributed by atoms with Gasteiger partial charge >= 0.3 is 0 Å². The van der Waals surface area contributed by atoms with Gasteiger partial charge in [0.1, 0.15) is 4.83 Å². The van der Waals surface area contributed by atoms with E-state index in [-0.39, 0.29) is 5.56 Å². The van der Waals surface area contributed by atoms with Crippen molar-refractivity contribution in [2.75, 3.05) is 0 Å². The zero-order chi connectivity index (χ0) is 17.3. The Kier molecular flexibility index (Phi) is 5.27. The van der Waals surface area contributed by atoms with Gasteiger partial charge in [0.15, 0.2) is 5.16 Å². The van der Waals surface area contributed by atoms with Gasteiger partial charge in [-0.25, -0.2) is 4.98 Å². The third-order valence-corrected chi connectivity index (χ3v) is 6.52. The summed E-state index contributed by atoms with van der Waals surface area (Å²) in [4.78, 5) is 19.6. The molecule has 0 bridgehead atoms. The molecule has 0 radical (unpaired) electrons. The molecule has 0 N–H and O–H groups in total. The number of aryl methyl sites for hydroxylation is 2. The first-order chi connectivity index (χ1) is 11.5. The normalized spacial score (nSPS) is 11.1. The number of benzene rings is 1. The van der Waals surface area contributed by atoms with Gasteiger partial charge in [0.25, 0.3) is 5.56 Å². The summed E-state index contributed by atoms with van der Waals surface area (Å²) in [6.07, 6.45) is 1.74. The quantitative estimate of drug-likeness (QED) is 0.318. The summed E-state index contributed by atoms with van der Waals surface area (Å²) in [5, 5.41) is 1.49. The molecule has 0 saturated carbocycles. The van der Waals surface area contributed by atoms with Gasteiger partial charge in [-0.3, -0.25) is 9.36 Å². The molecule has 0 aliphatic carbocycles. The molecule has 0 atom stereocenters. The van der Waals surface area contributed by atoms with Crippen LogP contribution in [0.2, 0.25) is 0 Å². The van der Waals surface area contributed by atoms with Gasteiger partial charge in [-0.15, -0.1) is 17.9 Å². The Morgan fingerprint density at radius 2 is 2.04 bits per heavy atom. The van der Waals surface area contributed by atoms with E-state index < -0.39 is 0 Å². The number of allylic oxidation sites excluding steroid dienone is 1. The van der Waals surface area contributed by atoms with Crippen molar-refractivity contribution < 1.29 is 0 Å². The van der Waals surface area contributed by atoms with Gasteiger partial charge in [0, 0.05) is 21.6 Å². The van der Waals surface area contributed by atoms with E-state index in [0.717, 1.165) is 36.0 Å². The number of fused-ring (bicyclic) bond motifs is 1. The molecule has 6 heteroatoms. The molecule has 0 amide bonds. The summed E-state index contributed by atoms with van der Waals surface area (Å²) in [6, 6.07) is 8.20. The number of aromatic nitrogens is 2. The van der Waals surface area contributed by atoms with Crippen LogP contribution in [0.4, 0.5) is 0 Å². The first kappa shape index (κ1) is 17.5. The van der Waals surface area contributed by atoms with E-state index in [1.807, 2.05) is 26.0 Å². The van der Waals surface area contributed by atoms with Crippen LogP contribution in [-0.4, -0.2) is 9.55 Å². The highest BCUT2D eigenvalue weighted by Gasteiger charge is 2.16. The van der Waals surface area contributed by atoms with Crippen LogP contribution in [-0.2, 0) is 12.3 Å². The predicted octanol–water partition coefficient (Wildman–Crippen LogP) is 5.32. The van der Waals surface area contributed by atoms with Gasteiger partial charge < -0.3 is 0 Å². The number of hydrogen-bond donors (Lipinski definition) is 0. The maximum Gasteiger partial charge on any atom is 0.263 e. The molecule has 24 heavy (non-hydrogen) atoms. The van der Waals surface area contributed by atoms with Crippen molar-refractivity contribution >= 4 is 49.2 Å². The number of thiophene rings is 1. The van der Waals surface area contributed by atoms with Crippen molar-refractivity contribution in [3.63, 3.8) is 0 Å². The van der Waals surface area contributed by atoms with Crippen molar-refractivity contribution in [3.05, 3.63) is 67.8 Å². The van der Waals surface area contributed by atoms with Crippen molar-refractivity contribution in [1.29, 1.82) is 0 Å². The van der Waals surface area contributed by atoms with Crippen molar-refractivity contribution in [2.24, 2.45) is 0 Å². The molecular weight excluding hydrogens is 404 g/mol. The second-order valence-electron chi connectivity index (χ2n) is 5.48. The number of rotatable bonds is 5. The molecule has 1 aromatic carbocycles. The van der Waals surface area contributed by atoms with Gasteiger partial charge in [-0.1, -0.05) is 45.9 Å². The standard InChI is InChI=1S/C18H17BrN2OS2/c1-4-9-21-17(22)15-11(2)12(3)24-16(15)20-18(21)23-10-13-5-7-14(19)8-6-13/h4-8H,1,9-10H2,2-3H3. The van der Waals surface area contributed by atoms with E-state index in [0.29, 0.717) is 6.54 Å². The van der Waals surface area contributed by atoms with E-state index in [1.165, 1.54) is 5.56 Å². The summed E-state index contributed by atoms with van der Waals surface area (Å²) in [5.41, 5.74) is 2.26. The maximum atomic E-state index is 12.9. The van der Waals surface area contributed by atoms with E-state index >= 15 is 0 Å². The third kappa shape index (κ3) is 3.36. The molecule has 3 nitrogen and oxygen atoms in total. The molecule has 3 rings (SSSR count). The lowest BCUT2D eigenvalue weighted by molar-refractivity contribution is 0.672. The smallest absolute Gasteiger partial charge is 0.263 e. The van der Waals surface area contributed by atoms with Gasteiger partial charge in [0.2, 0.25) is 0 Å². The highest BCUT2D eigenvalue weighted by Crippen LogP contribution is 2.29. The number of hydrogen-bond acceptors (Lipinski definition) is 4. The fraction of sp³-hybridized carbons (Fsp3) is 0.222. The largest absolute Gasteiger partial charge is 0.283 e. The average Bonchev–Trinajstić information content (AvgIpc) is 2.85. The van der Waals surface area contributed by atoms with Gasteiger partial charge in [-0.2, -0.15) is 0 Å². The lowest BCUT2D eigenvalue weighted by Crippen LogP contribution is -2.22. The van der Waals surface area contributed by atoms with Gasteiger partial charge in [0.05, 0.1) is 5.39 Å². The summed E-state index contributed by atoms with van der Waals surface area (Å²) < 4.78 is 2.78. The molecule has 0 aliphatic heterocycles. The van der Waals surface area contributed by atoms with E-state index in [4.69, 9.17) is 4.98 Å². The lowest BCUT2D eigenvalue weighted by atomic mass is 10.2. The van der Waals surface area contributed by atoms with Gasteiger partial charge in [-0.05, 0) is 37.1 Å². The average molecular weight is 421 g/mol. The Hall–Kier alpha value is -1.37. The predicted molar refractivity (Wildman–Crippen MR) is 107 cm³/mol. The molecule has 0 saturated heterocycles. The van der Waals surface area contributed by atoms with Crippen LogP contribution in [0.3, 0.4) is 0 Å². The minimum Gasteiger partial charge on any atom is -0.283 e. The van der Waals surface area contributed by atoms with Crippen LogP contribution in [0.5, 0.6) is 0 Å². The summed E-state index contributed by atoms with van der Waals surface area (Å²) >= 11 is 6.62. The zero-order valence-electron chi connectivity index (χ0n) is 13.5. The summed E-state index contributed by atoms with van der Waals surface area (Å²) in [7, 11) is 0. The molecule has 3 aromatic rings. The maximum absolute atomic E-state index is 12.9. The SMILES string of the molecule is C=CCn1c(SCc2ccc(Br)cc2)nc2sc(C)c(C)c2c1=O. The van der Waals surface area contributed by atoms with Crippen molar-refractivity contribution in [3.8, 4) is 0 Å². The van der Waals surface area contributed by atoms with Crippen molar-refractivity contribution in [2.45, 2.75) is 31.3 Å². The second kappa shape index (κ2) is 7.25. The number of thioether (sulfide) groups is 1. The first-order valence-electron chi connectivity index (χ1n) is 7.50. The minimum absolute atomic E-state index is 0.0278. The molecule has 2 aromatic heterocycles. The summed E-state index contributed by atoms with van der Waals surface area (Å²) in [6.45, 7) is 8.27. The topological polar surface area (TPSA) is 34.9 Å². The molecule has 2 heterocycles. The van der Waals surface area contributed by atoms with Crippen molar-refractivity contribution in [1.82, 2.24) is 9.55 Å². The Labute approximate surface area is 157 Å². The summed E-state index contributed by atoms with van der Waals surface area (Å²) in [5.74, 6) is 0.770. The molecule has 0 unspecified atom stereocenters. The molecule has 0 aliphatic rings. The molecule has 0 fully saturated rings. The second-order valence-corrected chi connectivity index (χ2v) is 8.54.